The van der Waals surface area contributed by atoms with Crippen LogP contribution in [0.3, 0.4) is 0 Å². The van der Waals surface area contributed by atoms with Crippen molar-refractivity contribution in [1.82, 2.24) is 0 Å². The van der Waals surface area contributed by atoms with Crippen LogP contribution in [0.25, 0.3) is 0 Å². The Bertz CT molecular complexity index is 1210. The molecule has 0 amide bonds. The minimum atomic E-state index is -1.52. The van der Waals surface area contributed by atoms with Crippen molar-refractivity contribution in [2.45, 2.75) is 121 Å². The average Bonchev–Trinajstić information content (AvgIpc) is 3.33. The summed E-state index contributed by atoms with van der Waals surface area (Å²) in [5.74, 6) is 1.32. The third-order valence-corrected chi connectivity index (χ3v) is 12.9. The summed E-state index contributed by atoms with van der Waals surface area (Å²) in [6.45, 7) is 7.80. The monoisotopic (exact) mass is 618 g/mol. The first-order valence-corrected chi connectivity index (χ1v) is 16.5. The molecule has 1 saturated heterocycles. The van der Waals surface area contributed by atoms with E-state index in [1.165, 1.54) is 0 Å². The number of aliphatic hydroxyl groups is 5. The van der Waals surface area contributed by atoms with Crippen LogP contribution in [0.2, 0.25) is 0 Å². The molecule has 0 aromatic rings. The van der Waals surface area contributed by atoms with Gasteiger partial charge in [-0.1, -0.05) is 31.1 Å². The number of aliphatic hydroxyl groups excluding tert-OH is 5. The number of Topliss-reactive ketones (excluding diaryl/α,β-unsaturated/α-hetero) is 1. The Labute approximate surface area is 259 Å². The van der Waals surface area contributed by atoms with Crippen molar-refractivity contribution in [2.24, 2.45) is 40.9 Å². The molecule has 246 valence electrons. The van der Waals surface area contributed by atoms with Gasteiger partial charge in [-0.25, -0.2) is 4.79 Å². The Morgan fingerprint density at radius 3 is 2.45 bits per heavy atom. The molecule has 7 unspecified atom stereocenters. The van der Waals surface area contributed by atoms with Gasteiger partial charge in [0.25, 0.3) is 0 Å². The predicted octanol–water partition coefficient (Wildman–Crippen LogP) is 2.19. The molecule has 0 bridgehead atoms. The molecular weight excluding hydrogens is 568 g/mol. The van der Waals surface area contributed by atoms with Crippen LogP contribution < -0.4 is 0 Å². The van der Waals surface area contributed by atoms with Gasteiger partial charge in [0.15, 0.2) is 6.29 Å². The zero-order valence-electron chi connectivity index (χ0n) is 26.4. The highest BCUT2D eigenvalue weighted by Gasteiger charge is 2.60. The van der Waals surface area contributed by atoms with Crippen molar-refractivity contribution in [1.29, 1.82) is 0 Å². The minimum absolute atomic E-state index is 0.0860. The lowest BCUT2D eigenvalue weighted by Crippen LogP contribution is -2.60. The van der Waals surface area contributed by atoms with Gasteiger partial charge in [-0.05, 0) is 87.4 Å². The van der Waals surface area contributed by atoms with E-state index in [-0.39, 0.29) is 42.0 Å². The van der Waals surface area contributed by atoms with Crippen molar-refractivity contribution >= 4 is 11.8 Å². The van der Waals surface area contributed by atoms with Crippen molar-refractivity contribution in [3.63, 3.8) is 0 Å². The molecule has 10 nitrogen and oxygen atoms in total. The molecule has 2 aliphatic heterocycles. The van der Waals surface area contributed by atoms with Crippen LogP contribution in [-0.2, 0) is 23.8 Å². The van der Waals surface area contributed by atoms with Gasteiger partial charge in [0, 0.05) is 18.8 Å². The summed E-state index contributed by atoms with van der Waals surface area (Å²) < 4.78 is 17.6. The molecule has 6 aliphatic rings. The molecule has 3 saturated carbocycles. The second-order valence-electron chi connectivity index (χ2n) is 15.1. The molecule has 10 heteroatoms. The largest absolute Gasteiger partial charge is 0.455 e. The van der Waals surface area contributed by atoms with Crippen LogP contribution in [0.5, 0.6) is 0 Å². The van der Waals surface area contributed by atoms with Gasteiger partial charge in [-0.3, -0.25) is 4.79 Å². The molecule has 14 atom stereocenters. The first kappa shape index (κ1) is 32.3. The second kappa shape index (κ2) is 11.9. The number of fused-ring (bicyclic) bond motifs is 5. The number of esters is 1. The number of cyclic esters (lactones) is 1. The van der Waals surface area contributed by atoms with Gasteiger partial charge >= 0.3 is 5.97 Å². The SMILES string of the molecule is CC1=C(CO)C(=O)O[C@@](C)([C@@H](C)[C@H]2CCC3[C@@H]4CC=C5C[C@@H](OC6OC(CO)C(O)C(O)C6O)CC(=O)C5[C@H]4CC[C@@]32C)C1. The second-order valence-corrected chi connectivity index (χ2v) is 15.1. The molecule has 0 spiro atoms. The Hall–Kier alpha value is -1.66. The summed E-state index contributed by atoms with van der Waals surface area (Å²) >= 11 is 0. The number of carbonyl (C=O) groups is 2. The van der Waals surface area contributed by atoms with Crippen LogP contribution in [0, 0.1) is 40.9 Å². The topological polar surface area (TPSA) is 163 Å². The number of ether oxygens (including phenoxy) is 3. The fraction of sp³-hybridized carbons (Fsp3) is 0.824. The number of ketones is 1. The Balaban J connectivity index is 1.15. The molecule has 2 heterocycles. The van der Waals surface area contributed by atoms with Crippen LogP contribution in [0.15, 0.2) is 22.8 Å². The van der Waals surface area contributed by atoms with Crippen molar-refractivity contribution in [3.8, 4) is 0 Å². The summed E-state index contributed by atoms with van der Waals surface area (Å²) in [5.41, 5.74) is 1.86. The van der Waals surface area contributed by atoms with Crippen LogP contribution in [0.1, 0.15) is 79.1 Å². The van der Waals surface area contributed by atoms with Gasteiger partial charge in [0.1, 0.15) is 35.8 Å². The fourth-order valence-corrected chi connectivity index (χ4v) is 10.4. The molecule has 4 fully saturated rings. The van der Waals surface area contributed by atoms with Gasteiger partial charge in [-0.15, -0.1) is 0 Å². The molecule has 0 aromatic carbocycles. The highest BCUT2D eigenvalue weighted by Crippen LogP contribution is 2.65. The maximum Gasteiger partial charge on any atom is 0.336 e. The summed E-state index contributed by atoms with van der Waals surface area (Å²) in [6, 6.07) is 0. The highest BCUT2D eigenvalue weighted by atomic mass is 16.7. The van der Waals surface area contributed by atoms with Crippen molar-refractivity contribution < 1.29 is 49.3 Å². The highest BCUT2D eigenvalue weighted by molar-refractivity contribution is 5.91. The third kappa shape index (κ3) is 5.13. The molecule has 5 N–H and O–H groups in total. The smallest absolute Gasteiger partial charge is 0.336 e. The first-order valence-electron chi connectivity index (χ1n) is 16.5. The number of allylic oxidation sites excluding steroid dienone is 1. The molecular formula is C34H50O10. The standard InChI is InChI=1S/C34H50O10/c1-16-13-34(4,44-31(41)22(16)14-35)17(2)23-7-8-24-20-6-5-18-11-19(12-25(37)27(18)21(20)9-10-33(23,24)3)42-32-30(40)29(39)28(38)26(15-36)43-32/h5,17,19-21,23-24,26-30,32,35-36,38-40H,6-15H2,1-4H3/t17-,19+,20+,21-,23+,24?,26?,27?,28?,29?,30?,32?,33+,34+/m0/s1. The van der Waals surface area contributed by atoms with Crippen LogP contribution in [-0.4, -0.2) is 92.9 Å². The number of rotatable bonds is 6. The van der Waals surface area contributed by atoms with Crippen molar-refractivity contribution in [2.75, 3.05) is 13.2 Å². The lowest BCUT2D eigenvalue weighted by atomic mass is 9.50. The molecule has 44 heavy (non-hydrogen) atoms. The van der Waals surface area contributed by atoms with Crippen LogP contribution in [0.4, 0.5) is 0 Å². The lowest BCUT2D eigenvalue weighted by Gasteiger charge is -2.55. The van der Waals surface area contributed by atoms with E-state index >= 15 is 0 Å². The summed E-state index contributed by atoms with van der Waals surface area (Å²) in [7, 11) is 0. The summed E-state index contributed by atoms with van der Waals surface area (Å²) in [5, 5.41) is 49.9. The van der Waals surface area contributed by atoms with E-state index in [0.717, 1.165) is 43.3 Å². The zero-order chi connectivity index (χ0) is 31.7. The normalized spacial score (nSPS) is 48.2. The number of carbonyl (C=O) groups excluding carboxylic acids is 2. The van der Waals surface area contributed by atoms with Gasteiger partial charge in [0.2, 0.25) is 0 Å². The van der Waals surface area contributed by atoms with Gasteiger partial charge in [0.05, 0.1) is 24.9 Å². The fourth-order valence-electron chi connectivity index (χ4n) is 10.4. The van der Waals surface area contributed by atoms with Crippen LogP contribution >= 0.6 is 0 Å². The quantitative estimate of drug-likeness (QED) is 0.220. The number of hydrogen-bond acceptors (Lipinski definition) is 10. The molecule has 4 aliphatic carbocycles. The Morgan fingerprint density at radius 1 is 1.02 bits per heavy atom. The van der Waals surface area contributed by atoms with Crippen molar-refractivity contribution in [3.05, 3.63) is 22.8 Å². The van der Waals surface area contributed by atoms with E-state index in [2.05, 4.69) is 26.8 Å². The van der Waals surface area contributed by atoms with Gasteiger partial charge < -0.3 is 39.7 Å². The predicted molar refractivity (Wildman–Crippen MR) is 158 cm³/mol. The van der Waals surface area contributed by atoms with E-state index in [0.29, 0.717) is 36.2 Å². The number of hydrogen-bond donors (Lipinski definition) is 5. The molecule has 6 rings (SSSR count). The van der Waals surface area contributed by atoms with Gasteiger partial charge in [-0.2, -0.15) is 0 Å². The molecule has 0 aromatic heterocycles. The van der Waals surface area contributed by atoms with E-state index in [9.17, 15) is 35.1 Å². The lowest BCUT2D eigenvalue weighted by molar-refractivity contribution is -0.311. The maximum atomic E-state index is 13.7. The van der Waals surface area contributed by atoms with E-state index in [4.69, 9.17) is 14.2 Å². The van der Waals surface area contributed by atoms with E-state index in [1.807, 2.05) is 6.92 Å². The molecule has 0 radical (unpaired) electrons. The Kier molecular flexibility index (Phi) is 8.70. The maximum absolute atomic E-state index is 13.7. The first-order chi connectivity index (χ1) is 20.8. The minimum Gasteiger partial charge on any atom is -0.455 e. The third-order valence-electron chi connectivity index (χ3n) is 12.9. The van der Waals surface area contributed by atoms with E-state index < -0.39 is 55.0 Å². The zero-order valence-corrected chi connectivity index (χ0v) is 26.4. The average molecular weight is 619 g/mol. The van der Waals surface area contributed by atoms with E-state index in [1.54, 1.807) is 0 Å². The summed E-state index contributed by atoms with van der Waals surface area (Å²) in [6.07, 6.45) is 1.39. The Morgan fingerprint density at radius 2 is 1.77 bits per heavy atom. The summed E-state index contributed by atoms with van der Waals surface area (Å²) in [4.78, 5) is 26.5.